The normalized spacial score (nSPS) is 16.0. The number of hydrogen-bond acceptors (Lipinski definition) is 4. The van der Waals surface area contributed by atoms with Gasteiger partial charge in [0.15, 0.2) is 0 Å². The van der Waals surface area contributed by atoms with Crippen molar-refractivity contribution in [1.82, 2.24) is 0 Å². The van der Waals surface area contributed by atoms with E-state index in [1.165, 1.54) is 24.3 Å². The lowest BCUT2D eigenvalue weighted by Gasteiger charge is -2.26. The molecule has 3 rings (SSSR count). The molecule has 0 atom stereocenters. The summed E-state index contributed by atoms with van der Waals surface area (Å²) in [7, 11) is -4.06. The van der Waals surface area contributed by atoms with Crippen molar-refractivity contribution in [3.63, 3.8) is 0 Å². The second-order valence-electron chi connectivity index (χ2n) is 6.73. The monoisotopic (exact) mass is 463 g/mol. The second kappa shape index (κ2) is 8.87. The highest BCUT2D eigenvalue weighted by atomic mass is 79.9. The van der Waals surface area contributed by atoms with Gasteiger partial charge in [-0.3, -0.25) is 4.79 Å². The molecule has 1 aliphatic rings. The molecule has 2 aromatic carbocycles. The highest BCUT2D eigenvalue weighted by Gasteiger charge is 2.18. The van der Waals surface area contributed by atoms with E-state index in [-0.39, 0.29) is 16.7 Å². The minimum Gasteiger partial charge on any atom is -0.861 e. The predicted molar refractivity (Wildman–Crippen MR) is 110 cm³/mol. The lowest BCUT2D eigenvalue weighted by molar-refractivity contribution is -0.224. The molecule has 0 heterocycles. The number of nitrogens with zero attached hydrogens (tertiary/aromatic N) is 1. The second-order valence-corrected chi connectivity index (χ2v) is 9.25. The number of anilines is 1. The zero-order chi connectivity index (χ0) is 20.1. The number of rotatable bonds is 5. The molecule has 0 spiro atoms. The van der Waals surface area contributed by atoms with Gasteiger partial charge < -0.3 is 10.4 Å². The Hall–Kier alpha value is -2.19. The van der Waals surface area contributed by atoms with E-state index >= 15 is 0 Å². The van der Waals surface area contributed by atoms with E-state index in [1.54, 1.807) is 18.2 Å². The van der Waals surface area contributed by atoms with Gasteiger partial charge in [0, 0.05) is 15.7 Å². The third-order valence-electron chi connectivity index (χ3n) is 4.66. The minimum absolute atomic E-state index is 0.0721. The van der Waals surface area contributed by atoms with Crippen LogP contribution in [0.25, 0.3) is 0 Å². The van der Waals surface area contributed by atoms with Crippen LogP contribution in [-0.2, 0) is 10.0 Å². The van der Waals surface area contributed by atoms with Crippen molar-refractivity contribution < 1.29 is 18.3 Å². The largest absolute Gasteiger partial charge is 0.861 e. The van der Waals surface area contributed by atoms with Gasteiger partial charge in [-0.2, -0.15) is 12.8 Å². The summed E-state index contributed by atoms with van der Waals surface area (Å²) in [5, 5.41) is 14.9. The fourth-order valence-corrected chi connectivity index (χ4v) is 4.51. The Morgan fingerprint density at radius 3 is 2.39 bits per heavy atom. The average Bonchev–Trinajstić information content (AvgIpc) is 2.69. The van der Waals surface area contributed by atoms with E-state index in [2.05, 4.69) is 25.6 Å². The first-order valence-electron chi connectivity index (χ1n) is 9.04. The number of benzene rings is 2. The van der Waals surface area contributed by atoms with E-state index in [9.17, 15) is 18.3 Å². The van der Waals surface area contributed by atoms with Crippen LogP contribution in [-0.4, -0.2) is 20.2 Å². The molecule has 0 saturated heterocycles. The molecule has 1 saturated carbocycles. The van der Waals surface area contributed by atoms with Crippen LogP contribution in [0.5, 0.6) is 0 Å². The predicted octanol–water partition coefficient (Wildman–Crippen LogP) is 3.73. The summed E-state index contributed by atoms with van der Waals surface area (Å²) in [5.74, 6) is -1.17. The highest BCUT2D eigenvalue weighted by molar-refractivity contribution is 9.10. The number of carbonyl (C=O) groups excluding carboxylic acids is 1. The molecule has 148 valence electrons. The van der Waals surface area contributed by atoms with Crippen LogP contribution in [0.3, 0.4) is 0 Å². The topological polar surface area (TPSA) is 98.7 Å². The quantitative estimate of drug-likeness (QED) is 0.539. The first-order chi connectivity index (χ1) is 13.3. The summed E-state index contributed by atoms with van der Waals surface area (Å²) < 4.78 is 29.1. The fraction of sp³-hybridized carbons (Fsp3) is 0.300. The summed E-state index contributed by atoms with van der Waals surface area (Å²) >= 11 is 3.31. The number of hydrogen-bond donors (Lipinski definition) is 1. The highest BCUT2D eigenvalue weighted by Crippen LogP contribution is 2.25. The first kappa shape index (κ1) is 20.5. The van der Waals surface area contributed by atoms with E-state index in [0.717, 1.165) is 23.7 Å². The van der Waals surface area contributed by atoms with Crippen molar-refractivity contribution in [1.29, 1.82) is 0 Å². The first-order valence-corrected chi connectivity index (χ1v) is 11.3. The zero-order valence-electron chi connectivity index (χ0n) is 15.1. The molecular weight excluding hydrogens is 444 g/mol. The molecule has 8 heteroatoms. The van der Waals surface area contributed by atoms with Crippen LogP contribution >= 0.6 is 15.9 Å². The van der Waals surface area contributed by atoms with Gasteiger partial charge in [-0.15, -0.1) is 0 Å². The van der Waals surface area contributed by atoms with Crippen molar-refractivity contribution >= 4 is 43.4 Å². The molecule has 0 aromatic heterocycles. The number of amides is 1. The summed E-state index contributed by atoms with van der Waals surface area (Å²) in [5.41, 5.74) is 0.918. The SMILES string of the molecule is O=C(Nc1ccc(S(=O)(=O)N=C([O-])C2CCCCC2)cc1)c1cccc(Br)c1. The molecule has 0 bridgehead atoms. The van der Waals surface area contributed by atoms with Gasteiger partial charge >= 0.3 is 0 Å². The molecule has 1 aliphatic carbocycles. The molecule has 28 heavy (non-hydrogen) atoms. The van der Waals surface area contributed by atoms with Crippen molar-refractivity contribution in [3.05, 3.63) is 58.6 Å². The van der Waals surface area contributed by atoms with E-state index in [0.29, 0.717) is 24.1 Å². The third kappa shape index (κ3) is 5.20. The molecule has 0 unspecified atom stereocenters. The summed E-state index contributed by atoms with van der Waals surface area (Å²) in [6.07, 6.45) is 4.32. The van der Waals surface area contributed by atoms with E-state index < -0.39 is 15.9 Å². The molecule has 1 amide bonds. The van der Waals surface area contributed by atoms with Crippen LogP contribution < -0.4 is 10.4 Å². The smallest absolute Gasteiger partial charge is 0.281 e. The Labute approximate surface area is 172 Å². The number of carbonyl (C=O) groups is 1. The van der Waals surface area contributed by atoms with Crippen LogP contribution in [0, 0.1) is 5.92 Å². The Morgan fingerprint density at radius 1 is 1.07 bits per heavy atom. The van der Waals surface area contributed by atoms with Crippen molar-refractivity contribution in [2.75, 3.05) is 5.32 Å². The Kier molecular flexibility index (Phi) is 6.51. The summed E-state index contributed by atoms with van der Waals surface area (Å²) in [6.45, 7) is 0. The number of sulfonamides is 1. The van der Waals surface area contributed by atoms with Gasteiger partial charge in [-0.25, -0.2) is 0 Å². The minimum atomic E-state index is -4.06. The van der Waals surface area contributed by atoms with Crippen LogP contribution in [0.4, 0.5) is 5.69 Å². The van der Waals surface area contributed by atoms with Gasteiger partial charge in [0.2, 0.25) is 0 Å². The third-order valence-corrected chi connectivity index (χ3v) is 6.44. The van der Waals surface area contributed by atoms with Crippen molar-refractivity contribution in [2.24, 2.45) is 10.3 Å². The maximum Gasteiger partial charge on any atom is 0.281 e. The Balaban J connectivity index is 1.71. The molecule has 2 aromatic rings. The van der Waals surface area contributed by atoms with Crippen LogP contribution in [0.2, 0.25) is 0 Å². The van der Waals surface area contributed by atoms with Gasteiger partial charge in [0.1, 0.15) is 0 Å². The Bertz CT molecular complexity index is 982. The molecule has 0 radical (unpaired) electrons. The van der Waals surface area contributed by atoms with Crippen molar-refractivity contribution in [3.8, 4) is 0 Å². The maximum absolute atomic E-state index is 12.4. The van der Waals surface area contributed by atoms with Gasteiger partial charge in [-0.05, 0) is 67.1 Å². The van der Waals surface area contributed by atoms with Crippen LogP contribution in [0.1, 0.15) is 42.5 Å². The number of halogens is 1. The summed E-state index contributed by atoms with van der Waals surface area (Å²) in [6, 6.07) is 12.5. The standard InChI is InChI=1S/C20H21BrN2O4S/c21-16-8-4-7-15(13-16)19(24)22-17-9-11-18(12-10-17)28(26,27)23-20(25)14-5-2-1-3-6-14/h4,7-14H,1-3,5-6H2,(H,22,24)(H,23,25)/p-1. The average molecular weight is 464 g/mol. The fourth-order valence-electron chi connectivity index (χ4n) is 3.14. The maximum atomic E-state index is 12.4. The Morgan fingerprint density at radius 2 is 1.75 bits per heavy atom. The van der Waals surface area contributed by atoms with Crippen LogP contribution in [0.15, 0.2) is 62.3 Å². The molecular formula is C20H20BrN2O4S-. The summed E-state index contributed by atoms with van der Waals surface area (Å²) in [4.78, 5) is 12.2. The molecule has 1 N–H and O–H groups in total. The van der Waals surface area contributed by atoms with Crippen molar-refractivity contribution in [2.45, 2.75) is 37.0 Å². The molecule has 0 aliphatic heterocycles. The van der Waals surface area contributed by atoms with Gasteiger partial charge in [-0.1, -0.05) is 41.3 Å². The molecule has 6 nitrogen and oxygen atoms in total. The van der Waals surface area contributed by atoms with E-state index in [1.807, 2.05) is 6.07 Å². The number of nitrogens with one attached hydrogen (secondary N) is 1. The molecule has 1 fully saturated rings. The zero-order valence-corrected chi connectivity index (χ0v) is 17.5. The van der Waals surface area contributed by atoms with Gasteiger partial charge in [0.25, 0.3) is 15.9 Å². The lowest BCUT2D eigenvalue weighted by Crippen LogP contribution is -2.30. The van der Waals surface area contributed by atoms with E-state index in [4.69, 9.17) is 0 Å². The lowest BCUT2D eigenvalue weighted by atomic mass is 9.89. The van der Waals surface area contributed by atoms with Gasteiger partial charge in [0.05, 0.1) is 4.90 Å².